The Bertz CT molecular complexity index is 319. The second-order valence-corrected chi connectivity index (χ2v) is 3.72. The highest BCUT2D eigenvalue weighted by molar-refractivity contribution is 5.26. The lowest BCUT2D eigenvalue weighted by molar-refractivity contribution is 0.428. The number of piperazine rings is 1. The first kappa shape index (κ1) is 9.62. The Morgan fingerprint density at radius 1 is 1.36 bits per heavy atom. The summed E-state index contributed by atoms with van der Waals surface area (Å²) in [5.41, 5.74) is 1.73. The lowest BCUT2D eigenvalue weighted by Crippen LogP contribution is -2.42. The average Bonchev–Trinajstić information content (AvgIpc) is 2.23. The maximum Gasteiger partial charge on any atom is 0.126 e. The van der Waals surface area contributed by atoms with Gasteiger partial charge in [-0.05, 0) is 24.1 Å². The lowest BCUT2D eigenvalue weighted by atomic mass is 10.0. The Labute approximate surface area is 83.5 Å². The summed E-state index contributed by atoms with van der Waals surface area (Å²) in [6.07, 6.45) is 0. The third-order valence-electron chi connectivity index (χ3n) is 2.64. The normalized spacial score (nSPS) is 22.3. The van der Waals surface area contributed by atoms with Crippen molar-refractivity contribution in [3.05, 3.63) is 35.1 Å². The van der Waals surface area contributed by atoms with E-state index in [-0.39, 0.29) is 11.9 Å². The molecule has 0 unspecified atom stereocenters. The van der Waals surface area contributed by atoms with Gasteiger partial charge in [-0.1, -0.05) is 12.1 Å². The number of rotatable bonds is 1. The summed E-state index contributed by atoms with van der Waals surface area (Å²) >= 11 is 0. The molecular formula is C11H15FN2. The molecule has 1 heterocycles. The van der Waals surface area contributed by atoms with E-state index in [1.807, 2.05) is 12.1 Å². The van der Waals surface area contributed by atoms with E-state index >= 15 is 0 Å². The first-order valence-corrected chi connectivity index (χ1v) is 4.97. The van der Waals surface area contributed by atoms with Crippen LogP contribution in [0, 0.1) is 12.7 Å². The molecule has 1 aromatic carbocycles. The van der Waals surface area contributed by atoms with Gasteiger partial charge in [0.1, 0.15) is 5.82 Å². The summed E-state index contributed by atoms with van der Waals surface area (Å²) in [5, 5.41) is 6.64. The van der Waals surface area contributed by atoms with Crippen molar-refractivity contribution in [1.29, 1.82) is 0 Å². The fraction of sp³-hybridized carbons (Fsp3) is 0.455. The van der Waals surface area contributed by atoms with Gasteiger partial charge in [-0.2, -0.15) is 0 Å². The van der Waals surface area contributed by atoms with Crippen LogP contribution in [0.2, 0.25) is 0 Å². The molecule has 0 saturated carbocycles. The molecule has 0 aliphatic carbocycles. The summed E-state index contributed by atoms with van der Waals surface area (Å²) in [6.45, 7) is 4.60. The third-order valence-corrected chi connectivity index (χ3v) is 2.64. The van der Waals surface area contributed by atoms with Gasteiger partial charge < -0.3 is 10.6 Å². The van der Waals surface area contributed by atoms with Gasteiger partial charge in [0.2, 0.25) is 0 Å². The van der Waals surface area contributed by atoms with Gasteiger partial charge in [0.25, 0.3) is 0 Å². The largest absolute Gasteiger partial charge is 0.314 e. The van der Waals surface area contributed by atoms with Gasteiger partial charge in [-0.25, -0.2) is 4.39 Å². The molecule has 2 rings (SSSR count). The number of aryl methyl sites for hydroxylation is 1. The van der Waals surface area contributed by atoms with Crippen molar-refractivity contribution in [2.75, 3.05) is 19.6 Å². The van der Waals surface area contributed by atoms with Crippen LogP contribution in [0.5, 0.6) is 0 Å². The highest BCUT2D eigenvalue weighted by Crippen LogP contribution is 2.16. The van der Waals surface area contributed by atoms with Gasteiger partial charge in [0, 0.05) is 25.7 Å². The molecule has 14 heavy (non-hydrogen) atoms. The smallest absolute Gasteiger partial charge is 0.126 e. The van der Waals surface area contributed by atoms with E-state index < -0.39 is 0 Å². The van der Waals surface area contributed by atoms with E-state index in [1.165, 1.54) is 0 Å². The molecule has 0 spiro atoms. The molecule has 0 radical (unpaired) electrons. The lowest BCUT2D eigenvalue weighted by Gasteiger charge is -2.25. The molecule has 1 saturated heterocycles. The molecule has 1 aliphatic rings. The molecule has 0 amide bonds. The van der Waals surface area contributed by atoms with Crippen LogP contribution in [-0.2, 0) is 0 Å². The fourth-order valence-electron chi connectivity index (χ4n) is 1.71. The predicted molar refractivity (Wildman–Crippen MR) is 54.8 cm³/mol. The standard InChI is InChI=1S/C11H15FN2/c1-8-2-3-9(6-10(8)12)11-7-13-4-5-14-11/h2-3,6,11,13-14H,4-5,7H2,1H3/t11-/m0/s1. The molecule has 1 aliphatic heterocycles. The zero-order valence-corrected chi connectivity index (χ0v) is 8.31. The van der Waals surface area contributed by atoms with E-state index in [1.54, 1.807) is 13.0 Å². The Kier molecular flexibility index (Phi) is 2.79. The first-order chi connectivity index (χ1) is 6.77. The van der Waals surface area contributed by atoms with E-state index in [2.05, 4.69) is 10.6 Å². The zero-order chi connectivity index (χ0) is 9.97. The molecule has 76 valence electrons. The maximum atomic E-state index is 13.3. The SMILES string of the molecule is Cc1ccc([C@@H]2CNCCN2)cc1F. The van der Waals surface area contributed by atoms with Crippen molar-refractivity contribution in [2.45, 2.75) is 13.0 Å². The zero-order valence-electron chi connectivity index (χ0n) is 8.31. The van der Waals surface area contributed by atoms with Crippen LogP contribution in [-0.4, -0.2) is 19.6 Å². The van der Waals surface area contributed by atoms with Crippen LogP contribution in [0.3, 0.4) is 0 Å². The van der Waals surface area contributed by atoms with Crippen LogP contribution in [0.25, 0.3) is 0 Å². The number of halogens is 1. The Morgan fingerprint density at radius 3 is 2.86 bits per heavy atom. The van der Waals surface area contributed by atoms with Gasteiger partial charge in [-0.3, -0.25) is 0 Å². The number of nitrogens with one attached hydrogen (secondary N) is 2. The monoisotopic (exact) mass is 194 g/mol. The molecule has 3 heteroatoms. The fourth-order valence-corrected chi connectivity index (χ4v) is 1.71. The van der Waals surface area contributed by atoms with E-state index in [9.17, 15) is 4.39 Å². The summed E-state index contributed by atoms with van der Waals surface area (Å²) in [5.74, 6) is -0.116. The van der Waals surface area contributed by atoms with E-state index in [0.29, 0.717) is 5.56 Å². The van der Waals surface area contributed by atoms with Gasteiger partial charge in [0.15, 0.2) is 0 Å². The number of benzene rings is 1. The highest BCUT2D eigenvalue weighted by atomic mass is 19.1. The van der Waals surface area contributed by atoms with E-state index in [4.69, 9.17) is 0 Å². The average molecular weight is 194 g/mol. The minimum atomic E-state index is -0.116. The number of hydrogen-bond donors (Lipinski definition) is 2. The van der Waals surface area contributed by atoms with E-state index in [0.717, 1.165) is 25.2 Å². The van der Waals surface area contributed by atoms with Crippen molar-refractivity contribution in [2.24, 2.45) is 0 Å². The van der Waals surface area contributed by atoms with Crippen LogP contribution in [0.15, 0.2) is 18.2 Å². The summed E-state index contributed by atoms with van der Waals surface area (Å²) in [4.78, 5) is 0. The van der Waals surface area contributed by atoms with Crippen molar-refractivity contribution >= 4 is 0 Å². The van der Waals surface area contributed by atoms with Crippen molar-refractivity contribution in [1.82, 2.24) is 10.6 Å². The molecule has 1 fully saturated rings. The minimum Gasteiger partial charge on any atom is -0.314 e. The highest BCUT2D eigenvalue weighted by Gasteiger charge is 2.14. The van der Waals surface area contributed by atoms with Crippen molar-refractivity contribution < 1.29 is 4.39 Å². The topological polar surface area (TPSA) is 24.1 Å². The minimum absolute atomic E-state index is 0.116. The van der Waals surface area contributed by atoms with Crippen molar-refractivity contribution in [3.8, 4) is 0 Å². The third kappa shape index (κ3) is 1.94. The summed E-state index contributed by atoms with van der Waals surface area (Å²) in [7, 11) is 0. The molecule has 0 aromatic heterocycles. The van der Waals surface area contributed by atoms with Gasteiger partial charge >= 0.3 is 0 Å². The Morgan fingerprint density at radius 2 is 2.21 bits per heavy atom. The summed E-state index contributed by atoms with van der Waals surface area (Å²) < 4.78 is 13.3. The first-order valence-electron chi connectivity index (χ1n) is 4.97. The van der Waals surface area contributed by atoms with Gasteiger partial charge in [-0.15, -0.1) is 0 Å². The predicted octanol–water partition coefficient (Wildman–Crippen LogP) is 1.37. The Balaban J connectivity index is 2.18. The second kappa shape index (κ2) is 4.07. The molecule has 1 aromatic rings. The second-order valence-electron chi connectivity index (χ2n) is 3.72. The molecule has 2 nitrogen and oxygen atoms in total. The Hall–Kier alpha value is -0.930. The van der Waals surface area contributed by atoms with Crippen LogP contribution in [0.1, 0.15) is 17.2 Å². The summed E-state index contributed by atoms with van der Waals surface area (Å²) in [6, 6.07) is 5.70. The van der Waals surface area contributed by atoms with Crippen LogP contribution >= 0.6 is 0 Å². The van der Waals surface area contributed by atoms with Crippen LogP contribution in [0.4, 0.5) is 4.39 Å². The maximum absolute atomic E-state index is 13.3. The number of hydrogen-bond acceptors (Lipinski definition) is 2. The molecular weight excluding hydrogens is 179 g/mol. The molecule has 1 atom stereocenters. The van der Waals surface area contributed by atoms with Crippen LogP contribution < -0.4 is 10.6 Å². The molecule has 0 bridgehead atoms. The van der Waals surface area contributed by atoms with Crippen molar-refractivity contribution in [3.63, 3.8) is 0 Å². The molecule has 2 N–H and O–H groups in total. The quantitative estimate of drug-likeness (QED) is 0.705. The van der Waals surface area contributed by atoms with Gasteiger partial charge in [0.05, 0.1) is 0 Å².